The van der Waals surface area contributed by atoms with E-state index in [1.165, 1.54) is 6.07 Å². The SMILES string of the molecule is CCc1c(F)ccc2cc(O)cc(N3CCc4c(nc(OC[C@@]56CCCN5C[C@H](F)C6)nc4N4C[C@H]5C[C@@H](C4)C(=O)NC5=O)C3)c12. The van der Waals surface area contributed by atoms with Gasteiger partial charge in [0.25, 0.3) is 0 Å². The molecule has 6 heterocycles. The molecule has 2 amide bonds. The highest BCUT2D eigenvalue weighted by atomic mass is 19.1. The molecule has 242 valence electrons. The minimum Gasteiger partial charge on any atom is -0.508 e. The number of nitrogens with one attached hydrogen (secondary N) is 1. The van der Waals surface area contributed by atoms with E-state index >= 15 is 0 Å². The summed E-state index contributed by atoms with van der Waals surface area (Å²) in [6.45, 7) is 5.25. The summed E-state index contributed by atoms with van der Waals surface area (Å²) in [7, 11) is 0. The van der Waals surface area contributed by atoms with Crippen molar-refractivity contribution in [2.24, 2.45) is 11.8 Å². The molecule has 2 N–H and O–H groups in total. The van der Waals surface area contributed by atoms with Crippen molar-refractivity contribution in [1.82, 2.24) is 20.2 Å². The lowest BCUT2D eigenvalue weighted by Gasteiger charge is -2.42. The number of piperidine rings is 2. The number of alkyl halides is 1. The van der Waals surface area contributed by atoms with E-state index in [1.807, 2.05) is 11.8 Å². The van der Waals surface area contributed by atoms with Crippen LogP contribution in [0.3, 0.4) is 0 Å². The zero-order valence-corrected chi connectivity index (χ0v) is 25.9. The monoisotopic (exact) mass is 632 g/mol. The maximum Gasteiger partial charge on any atom is 0.318 e. The molecular weight excluding hydrogens is 594 g/mol. The number of phenolic OH excluding ortho intramolecular Hbond substituents is 1. The van der Waals surface area contributed by atoms with Gasteiger partial charge in [-0.1, -0.05) is 13.0 Å². The van der Waals surface area contributed by atoms with Gasteiger partial charge in [-0.15, -0.1) is 0 Å². The van der Waals surface area contributed by atoms with Gasteiger partial charge in [-0.05, 0) is 61.7 Å². The summed E-state index contributed by atoms with van der Waals surface area (Å²) < 4.78 is 35.8. The van der Waals surface area contributed by atoms with Gasteiger partial charge in [0.05, 0.1) is 29.6 Å². The lowest BCUT2D eigenvalue weighted by Crippen LogP contribution is -2.57. The van der Waals surface area contributed by atoms with Crippen LogP contribution >= 0.6 is 0 Å². The first kappa shape index (κ1) is 29.3. The van der Waals surface area contributed by atoms with Crippen LogP contribution in [0.1, 0.15) is 49.4 Å². The highest BCUT2D eigenvalue weighted by Gasteiger charge is 2.49. The topological polar surface area (TPSA) is 111 Å². The molecule has 4 fully saturated rings. The molecular formula is C34H38F2N6O4. The number of carbonyl (C=O) groups is 2. The summed E-state index contributed by atoms with van der Waals surface area (Å²) in [6.07, 6.45) is 2.97. The number of amides is 2. The van der Waals surface area contributed by atoms with Crippen molar-refractivity contribution in [3.05, 3.63) is 46.9 Å². The maximum atomic E-state index is 15.0. The van der Waals surface area contributed by atoms with Crippen LogP contribution in [0, 0.1) is 17.7 Å². The summed E-state index contributed by atoms with van der Waals surface area (Å²) in [5.41, 5.74) is 2.61. The van der Waals surface area contributed by atoms with Crippen LogP contribution in [0.4, 0.5) is 20.3 Å². The summed E-state index contributed by atoms with van der Waals surface area (Å²) in [4.78, 5) is 41.4. The number of halogens is 2. The minimum atomic E-state index is -0.885. The number of hydrogen-bond donors (Lipinski definition) is 2. The average Bonchev–Trinajstić information content (AvgIpc) is 3.57. The number of benzene rings is 2. The van der Waals surface area contributed by atoms with Crippen molar-refractivity contribution in [2.45, 2.75) is 63.7 Å². The fraction of sp³-hybridized carbons (Fsp3) is 0.529. The Morgan fingerprint density at radius 1 is 1.09 bits per heavy atom. The Morgan fingerprint density at radius 3 is 2.67 bits per heavy atom. The number of aromatic nitrogens is 2. The summed E-state index contributed by atoms with van der Waals surface area (Å²) >= 11 is 0. The molecule has 8 rings (SSSR count). The number of ether oxygens (including phenoxy) is 1. The van der Waals surface area contributed by atoms with Gasteiger partial charge in [-0.3, -0.25) is 19.8 Å². The maximum absolute atomic E-state index is 15.0. The Hall–Kier alpha value is -4.06. The number of phenols is 1. The van der Waals surface area contributed by atoms with Gasteiger partial charge in [0, 0.05) is 55.3 Å². The van der Waals surface area contributed by atoms with Crippen LogP contribution in [-0.4, -0.2) is 82.8 Å². The molecule has 46 heavy (non-hydrogen) atoms. The van der Waals surface area contributed by atoms with Gasteiger partial charge in [-0.25, -0.2) is 8.78 Å². The number of anilines is 2. The first-order chi connectivity index (χ1) is 22.2. The molecule has 10 nitrogen and oxygen atoms in total. The van der Waals surface area contributed by atoms with E-state index < -0.39 is 6.17 Å². The molecule has 1 aromatic heterocycles. The molecule has 3 aromatic rings. The second-order valence-corrected chi connectivity index (χ2v) is 13.6. The van der Waals surface area contributed by atoms with E-state index in [4.69, 9.17) is 14.7 Å². The standard InChI is InChI=1S/C34H38F2N6O4/c1-2-24-26(36)5-4-19-11-23(43)12-28(29(19)24)40-9-6-25-27(17-40)37-33(46-18-34-7-3-8-42(34)16-22(35)13-34)38-30(25)41-14-20-10-21(15-41)32(45)39-31(20)44/h4-5,11-12,20-22,43H,2-3,6-10,13-18H2,1H3,(H,39,44,45)/t20-,21+,22-,34+/m1/s1. The number of fused-ring (bicyclic) bond motifs is 5. The third-order valence-electron chi connectivity index (χ3n) is 10.8. The molecule has 5 aliphatic heterocycles. The number of imide groups is 1. The molecule has 5 aliphatic rings. The predicted octanol–water partition coefficient (Wildman–Crippen LogP) is 3.65. The summed E-state index contributed by atoms with van der Waals surface area (Å²) in [5, 5.41) is 14.7. The van der Waals surface area contributed by atoms with E-state index in [2.05, 4.69) is 15.1 Å². The molecule has 2 aromatic carbocycles. The van der Waals surface area contributed by atoms with E-state index in [0.29, 0.717) is 69.8 Å². The Morgan fingerprint density at radius 2 is 1.89 bits per heavy atom. The highest BCUT2D eigenvalue weighted by Crippen LogP contribution is 2.42. The fourth-order valence-electron chi connectivity index (χ4n) is 8.62. The van der Waals surface area contributed by atoms with Gasteiger partial charge in [-0.2, -0.15) is 9.97 Å². The van der Waals surface area contributed by atoms with E-state index in [1.54, 1.807) is 18.2 Å². The average molecular weight is 633 g/mol. The van der Waals surface area contributed by atoms with Crippen LogP contribution in [0.5, 0.6) is 11.8 Å². The lowest BCUT2D eigenvalue weighted by molar-refractivity contribution is -0.140. The smallest absolute Gasteiger partial charge is 0.318 e. The Labute approximate surface area is 265 Å². The third kappa shape index (κ3) is 4.83. The van der Waals surface area contributed by atoms with Crippen molar-refractivity contribution in [1.29, 1.82) is 0 Å². The molecule has 0 unspecified atom stereocenters. The first-order valence-corrected chi connectivity index (χ1v) is 16.4. The predicted molar refractivity (Wildman–Crippen MR) is 167 cm³/mol. The van der Waals surface area contributed by atoms with Gasteiger partial charge in [0.2, 0.25) is 11.8 Å². The zero-order valence-electron chi connectivity index (χ0n) is 25.9. The largest absolute Gasteiger partial charge is 0.508 e. The lowest BCUT2D eigenvalue weighted by atomic mass is 9.84. The van der Waals surface area contributed by atoms with Gasteiger partial charge >= 0.3 is 6.01 Å². The van der Waals surface area contributed by atoms with Crippen molar-refractivity contribution in [3.8, 4) is 11.8 Å². The molecule has 4 saturated heterocycles. The van der Waals surface area contributed by atoms with Crippen molar-refractivity contribution >= 4 is 34.1 Å². The van der Waals surface area contributed by atoms with Gasteiger partial charge < -0.3 is 19.6 Å². The molecule has 2 bridgehead atoms. The minimum absolute atomic E-state index is 0.0975. The molecule has 0 radical (unpaired) electrons. The van der Waals surface area contributed by atoms with Gasteiger partial charge in [0.15, 0.2) is 0 Å². The second kappa shape index (κ2) is 11.0. The van der Waals surface area contributed by atoms with Crippen molar-refractivity contribution in [3.63, 3.8) is 0 Å². The number of carbonyl (C=O) groups excluding carboxylic acids is 2. The van der Waals surface area contributed by atoms with Crippen molar-refractivity contribution < 1.29 is 28.2 Å². The van der Waals surface area contributed by atoms with Crippen LogP contribution in [0.25, 0.3) is 10.8 Å². The fourth-order valence-corrected chi connectivity index (χ4v) is 8.62. The number of aryl methyl sites for hydroxylation is 1. The van der Waals surface area contributed by atoms with E-state index in [0.717, 1.165) is 47.1 Å². The number of aromatic hydroxyl groups is 1. The quantitative estimate of drug-likeness (QED) is 0.394. The summed E-state index contributed by atoms with van der Waals surface area (Å²) in [5.74, 6) is -0.676. The number of nitrogens with zero attached hydrogens (tertiary/aromatic N) is 5. The Balaban J connectivity index is 1.18. The van der Waals surface area contributed by atoms with E-state index in [-0.39, 0.29) is 53.4 Å². The number of rotatable bonds is 6. The Bertz CT molecular complexity index is 1730. The highest BCUT2D eigenvalue weighted by molar-refractivity contribution is 6.01. The normalized spacial score (nSPS) is 27.6. The zero-order chi connectivity index (χ0) is 31.7. The van der Waals surface area contributed by atoms with Gasteiger partial charge in [0.1, 0.15) is 30.2 Å². The first-order valence-electron chi connectivity index (χ1n) is 16.4. The number of hydrogen-bond acceptors (Lipinski definition) is 9. The third-order valence-corrected chi connectivity index (χ3v) is 10.8. The summed E-state index contributed by atoms with van der Waals surface area (Å²) in [6, 6.07) is 6.66. The second-order valence-electron chi connectivity index (χ2n) is 13.6. The molecule has 0 spiro atoms. The molecule has 12 heteroatoms. The Kier molecular flexibility index (Phi) is 7.04. The molecule has 0 saturated carbocycles. The van der Waals surface area contributed by atoms with Crippen LogP contribution in [-0.2, 0) is 29.0 Å². The van der Waals surface area contributed by atoms with Crippen LogP contribution < -0.4 is 19.9 Å². The molecule has 0 aliphatic carbocycles. The molecule has 4 atom stereocenters. The van der Waals surface area contributed by atoms with Crippen molar-refractivity contribution in [2.75, 3.05) is 49.1 Å². The van der Waals surface area contributed by atoms with Crippen LogP contribution in [0.2, 0.25) is 0 Å². The van der Waals surface area contributed by atoms with E-state index in [9.17, 15) is 23.5 Å². The van der Waals surface area contributed by atoms with Crippen LogP contribution in [0.15, 0.2) is 24.3 Å².